The molecule has 0 aliphatic carbocycles. The Bertz CT molecular complexity index is 764. The number of benzene rings is 2. The van der Waals surface area contributed by atoms with Gasteiger partial charge in [-0.3, -0.25) is 4.79 Å². The molecule has 1 heterocycles. The second kappa shape index (κ2) is 6.26. The van der Waals surface area contributed by atoms with Crippen molar-refractivity contribution in [1.82, 2.24) is 9.55 Å². The quantitative estimate of drug-likeness (QED) is 0.785. The molecule has 0 radical (unpaired) electrons. The molecule has 3 aromatic rings. The molecule has 0 amide bonds. The lowest BCUT2D eigenvalue weighted by molar-refractivity contribution is -0.136. The number of aliphatic carboxylic acids is 1. The zero-order valence-corrected chi connectivity index (χ0v) is 12.0. The lowest BCUT2D eigenvalue weighted by Crippen LogP contribution is -2.10. The number of carboxylic acids is 1. The summed E-state index contributed by atoms with van der Waals surface area (Å²) in [6.45, 7) is 0.605. The van der Waals surface area contributed by atoms with E-state index in [0.717, 1.165) is 17.0 Å². The summed E-state index contributed by atoms with van der Waals surface area (Å²) in [4.78, 5) is 15.5. The first kappa shape index (κ1) is 14.1. The molecular formula is C18H16N2O2. The molecule has 0 unspecified atom stereocenters. The van der Waals surface area contributed by atoms with Gasteiger partial charge < -0.3 is 9.67 Å². The van der Waals surface area contributed by atoms with Gasteiger partial charge in [0, 0.05) is 24.0 Å². The van der Waals surface area contributed by atoms with E-state index < -0.39 is 5.97 Å². The third kappa shape index (κ3) is 3.06. The SMILES string of the molecule is O=C(O)Cc1cnc(-c2ccccc2)n1Cc1ccccc1. The lowest BCUT2D eigenvalue weighted by atomic mass is 10.2. The Hall–Kier alpha value is -2.88. The minimum atomic E-state index is -0.853. The molecular weight excluding hydrogens is 276 g/mol. The first-order chi connectivity index (χ1) is 10.7. The summed E-state index contributed by atoms with van der Waals surface area (Å²) in [5, 5.41) is 9.10. The molecule has 0 aliphatic heterocycles. The standard InChI is InChI=1S/C18H16N2O2/c21-17(22)11-16-12-19-18(15-9-5-2-6-10-15)20(16)13-14-7-3-1-4-8-14/h1-10,12H,11,13H2,(H,21,22). The van der Waals surface area contributed by atoms with Crippen LogP contribution in [0.2, 0.25) is 0 Å². The van der Waals surface area contributed by atoms with Crippen LogP contribution in [0, 0.1) is 0 Å². The number of nitrogens with zero attached hydrogens (tertiary/aromatic N) is 2. The molecule has 110 valence electrons. The third-order valence-electron chi connectivity index (χ3n) is 3.49. The van der Waals surface area contributed by atoms with Crippen molar-refractivity contribution in [2.45, 2.75) is 13.0 Å². The second-order valence-corrected chi connectivity index (χ2v) is 5.08. The maximum absolute atomic E-state index is 11.1. The minimum absolute atomic E-state index is 0.0351. The highest BCUT2D eigenvalue weighted by Gasteiger charge is 2.14. The van der Waals surface area contributed by atoms with Gasteiger partial charge in [-0.05, 0) is 5.56 Å². The zero-order chi connectivity index (χ0) is 15.4. The van der Waals surface area contributed by atoms with E-state index in [1.807, 2.05) is 65.2 Å². The summed E-state index contributed by atoms with van der Waals surface area (Å²) in [5.41, 5.74) is 2.80. The van der Waals surface area contributed by atoms with Crippen molar-refractivity contribution in [2.75, 3.05) is 0 Å². The van der Waals surface area contributed by atoms with E-state index in [0.29, 0.717) is 12.2 Å². The largest absolute Gasteiger partial charge is 0.481 e. The molecule has 0 saturated heterocycles. The van der Waals surface area contributed by atoms with Crippen LogP contribution < -0.4 is 0 Å². The summed E-state index contributed by atoms with van der Waals surface area (Å²) >= 11 is 0. The van der Waals surface area contributed by atoms with Crippen LogP contribution in [0.5, 0.6) is 0 Å². The van der Waals surface area contributed by atoms with Gasteiger partial charge in [-0.1, -0.05) is 60.7 Å². The Morgan fingerprint density at radius 2 is 1.64 bits per heavy atom. The van der Waals surface area contributed by atoms with Gasteiger partial charge in [0.25, 0.3) is 0 Å². The van der Waals surface area contributed by atoms with E-state index in [-0.39, 0.29) is 6.42 Å². The Balaban J connectivity index is 2.03. The van der Waals surface area contributed by atoms with Crippen molar-refractivity contribution in [1.29, 1.82) is 0 Å². The van der Waals surface area contributed by atoms with Crippen LogP contribution in [-0.2, 0) is 17.8 Å². The normalized spacial score (nSPS) is 10.5. The van der Waals surface area contributed by atoms with Crippen molar-refractivity contribution >= 4 is 5.97 Å². The molecule has 3 rings (SSSR count). The first-order valence-electron chi connectivity index (χ1n) is 7.09. The van der Waals surface area contributed by atoms with Crippen molar-refractivity contribution < 1.29 is 9.90 Å². The number of hydrogen-bond donors (Lipinski definition) is 1. The van der Waals surface area contributed by atoms with E-state index in [4.69, 9.17) is 5.11 Å². The van der Waals surface area contributed by atoms with Gasteiger partial charge in [0.2, 0.25) is 0 Å². The van der Waals surface area contributed by atoms with E-state index in [1.54, 1.807) is 6.20 Å². The Morgan fingerprint density at radius 1 is 1.00 bits per heavy atom. The zero-order valence-electron chi connectivity index (χ0n) is 12.0. The predicted octanol–water partition coefficient (Wildman–Crippen LogP) is 3.23. The van der Waals surface area contributed by atoms with Gasteiger partial charge in [-0.25, -0.2) is 4.98 Å². The van der Waals surface area contributed by atoms with E-state index in [2.05, 4.69) is 4.98 Å². The van der Waals surface area contributed by atoms with E-state index in [1.165, 1.54) is 0 Å². The average molecular weight is 292 g/mol. The van der Waals surface area contributed by atoms with Crippen LogP contribution in [0.4, 0.5) is 0 Å². The van der Waals surface area contributed by atoms with Crippen molar-refractivity contribution in [3.63, 3.8) is 0 Å². The molecule has 1 aromatic heterocycles. The number of rotatable bonds is 5. The molecule has 0 aliphatic rings. The average Bonchev–Trinajstić information content (AvgIpc) is 2.91. The minimum Gasteiger partial charge on any atom is -0.481 e. The lowest BCUT2D eigenvalue weighted by Gasteiger charge is -2.11. The van der Waals surface area contributed by atoms with Crippen LogP contribution in [0.25, 0.3) is 11.4 Å². The monoisotopic (exact) mass is 292 g/mol. The summed E-state index contributed by atoms with van der Waals surface area (Å²) in [6, 6.07) is 19.8. The molecule has 0 saturated carbocycles. The molecule has 0 bridgehead atoms. The Kier molecular flexibility index (Phi) is 4.01. The van der Waals surface area contributed by atoms with Crippen molar-refractivity contribution in [2.24, 2.45) is 0 Å². The summed E-state index contributed by atoms with van der Waals surface area (Å²) in [6.07, 6.45) is 1.62. The van der Waals surface area contributed by atoms with Gasteiger partial charge >= 0.3 is 5.97 Å². The predicted molar refractivity (Wildman–Crippen MR) is 84.5 cm³/mol. The van der Waals surface area contributed by atoms with Crippen molar-refractivity contribution in [3.05, 3.63) is 78.1 Å². The van der Waals surface area contributed by atoms with Gasteiger partial charge in [-0.2, -0.15) is 0 Å². The van der Waals surface area contributed by atoms with Gasteiger partial charge in [0.05, 0.1) is 6.42 Å². The van der Waals surface area contributed by atoms with Crippen LogP contribution in [0.3, 0.4) is 0 Å². The van der Waals surface area contributed by atoms with E-state index >= 15 is 0 Å². The fraction of sp³-hybridized carbons (Fsp3) is 0.111. The highest BCUT2D eigenvalue weighted by atomic mass is 16.4. The van der Waals surface area contributed by atoms with Crippen LogP contribution >= 0.6 is 0 Å². The summed E-state index contributed by atoms with van der Waals surface area (Å²) in [7, 11) is 0. The van der Waals surface area contributed by atoms with Crippen LogP contribution in [-0.4, -0.2) is 20.6 Å². The van der Waals surface area contributed by atoms with Gasteiger partial charge in [0.1, 0.15) is 5.82 Å². The summed E-state index contributed by atoms with van der Waals surface area (Å²) < 4.78 is 1.97. The Labute approximate surface area is 128 Å². The van der Waals surface area contributed by atoms with Crippen LogP contribution in [0.1, 0.15) is 11.3 Å². The number of hydrogen-bond acceptors (Lipinski definition) is 2. The summed E-state index contributed by atoms with van der Waals surface area (Å²) in [5.74, 6) is -0.0606. The smallest absolute Gasteiger partial charge is 0.309 e. The maximum Gasteiger partial charge on any atom is 0.309 e. The van der Waals surface area contributed by atoms with Gasteiger partial charge in [0.15, 0.2) is 0 Å². The molecule has 2 aromatic carbocycles. The second-order valence-electron chi connectivity index (χ2n) is 5.08. The van der Waals surface area contributed by atoms with Crippen LogP contribution in [0.15, 0.2) is 66.9 Å². The molecule has 0 atom stereocenters. The van der Waals surface area contributed by atoms with E-state index in [9.17, 15) is 4.79 Å². The Morgan fingerprint density at radius 3 is 2.27 bits per heavy atom. The number of carboxylic acid groups (broad SMARTS) is 1. The molecule has 4 heteroatoms. The number of aromatic nitrogens is 2. The highest BCUT2D eigenvalue weighted by Crippen LogP contribution is 2.21. The highest BCUT2D eigenvalue weighted by molar-refractivity contribution is 5.70. The topological polar surface area (TPSA) is 55.1 Å². The van der Waals surface area contributed by atoms with Crippen molar-refractivity contribution in [3.8, 4) is 11.4 Å². The molecule has 0 spiro atoms. The number of carbonyl (C=O) groups is 1. The fourth-order valence-electron chi connectivity index (χ4n) is 2.47. The first-order valence-corrected chi connectivity index (χ1v) is 7.09. The molecule has 4 nitrogen and oxygen atoms in total. The fourth-order valence-corrected chi connectivity index (χ4v) is 2.47. The third-order valence-corrected chi connectivity index (χ3v) is 3.49. The van der Waals surface area contributed by atoms with Gasteiger partial charge in [-0.15, -0.1) is 0 Å². The maximum atomic E-state index is 11.1. The molecule has 1 N–H and O–H groups in total. The number of imidazole rings is 1. The molecule has 0 fully saturated rings. The molecule has 22 heavy (non-hydrogen) atoms.